The normalized spacial score (nSPS) is 12.1. The standard InChI is InChI=1S/C15H20FN3O/c1-12-11-18(2)15(17-8-5-9-20-3)19(12)14-7-4-6-13(16)10-14/h4,6-7,10-11H,5,8-9H2,1-3H3. The van der Waals surface area contributed by atoms with Crippen molar-refractivity contribution in [3.63, 3.8) is 0 Å². The lowest BCUT2D eigenvalue weighted by molar-refractivity contribution is 0.196. The van der Waals surface area contributed by atoms with Gasteiger partial charge in [-0.25, -0.2) is 4.39 Å². The summed E-state index contributed by atoms with van der Waals surface area (Å²) >= 11 is 0. The summed E-state index contributed by atoms with van der Waals surface area (Å²) in [5.74, 6) is -0.247. The van der Waals surface area contributed by atoms with Gasteiger partial charge in [-0.1, -0.05) is 6.07 Å². The van der Waals surface area contributed by atoms with Crippen LogP contribution in [0.3, 0.4) is 0 Å². The van der Waals surface area contributed by atoms with Gasteiger partial charge in [-0.05, 0) is 31.5 Å². The number of aromatic nitrogens is 2. The number of rotatable bonds is 5. The Hall–Kier alpha value is -1.88. The van der Waals surface area contributed by atoms with E-state index in [4.69, 9.17) is 4.74 Å². The van der Waals surface area contributed by atoms with E-state index in [0.29, 0.717) is 13.2 Å². The minimum atomic E-state index is -0.247. The highest BCUT2D eigenvalue weighted by Crippen LogP contribution is 2.10. The van der Waals surface area contributed by atoms with Gasteiger partial charge in [-0.2, -0.15) is 0 Å². The van der Waals surface area contributed by atoms with Crippen molar-refractivity contribution in [3.8, 4) is 5.69 Å². The van der Waals surface area contributed by atoms with Gasteiger partial charge in [-0.3, -0.25) is 9.56 Å². The predicted molar refractivity (Wildman–Crippen MR) is 76.4 cm³/mol. The largest absolute Gasteiger partial charge is 0.385 e. The summed E-state index contributed by atoms with van der Waals surface area (Å²) in [6.45, 7) is 3.35. The first-order valence-electron chi connectivity index (χ1n) is 6.64. The lowest BCUT2D eigenvalue weighted by Gasteiger charge is -2.06. The van der Waals surface area contributed by atoms with Gasteiger partial charge in [0.15, 0.2) is 0 Å². The van der Waals surface area contributed by atoms with Crippen molar-refractivity contribution in [1.29, 1.82) is 0 Å². The molecule has 0 amide bonds. The Kier molecular flexibility index (Phi) is 4.74. The molecule has 5 heteroatoms. The van der Waals surface area contributed by atoms with Crippen LogP contribution in [0.4, 0.5) is 4.39 Å². The Morgan fingerprint density at radius 3 is 2.85 bits per heavy atom. The molecule has 0 radical (unpaired) electrons. The number of halogens is 1. The Morgan fingerprint density at radius 1 is 1.35 bits per heavy atom. The summed E-state index contributed by atoms with van der Waals surface area (Å²) in [6.07, 6.45) is 2.85. The van der Waals surface area contributed by atoms with Crippen molar-refractivity contribution in [2.75, 3.05) is 20.3 Å². The van der Waals surface area contributed by atoms with Crippen molar-refractivity contribution in [1.82, 2.24) is 9.13 Å². The van der Waals surface area contributed by atoms with Gasteiger partial charge in [0.2, 0.25) is 5.62 Å². The van der Waals surface area contributed by atoms with Crippen LogP contribution in [-0.4, -0.2) is 29.4 Å². The van der Waals surface area contributed by atoms with Crippen LogP contribution in [0.25, 0.3) is 5.69 Å². The number of hydrogen-bond acceptors (Lipinski definition) is 2. The molecule has 1 heterocycles. The van der Waals surface area contributed by atoms with Crippen LogP contribution in [0.5, 0.6) is 0 Å². The number of aryl methyl sites for hydroxylation is 2. The zero-order valence-electron chi connectivity index (χ0n) is 12.1. The molecule has 2 aromatic rings. The van der Waals surface area contributed by atoms with E-state index >= 15 is 0 Å². The van der Waals surface area contributed by atoms with E-state index < -0.39 is 0 Å². The molecule has 1 aromatic heterocycles. The van der Waals surface area contributed by atoms with Crippen LogP contribution in [-0.2, 0) is 11.8 Å². The monoisotopic (exact) mass is 277 g/mol. The minimum absolute atomic E-state index is 0.247. The predicted octanol–water partition coefficient (Wildman–Crippen LogP) is 2.20. The second-order valence-electron chi connectivity index (χ2n) is 4.72. The fraction of sp³-hybridized carbons (Fsp3) is 0.400. The first kappa shape index (κ1) is 14.5. The molecule has 0 unspecified atom stereocenters. The Morgan fingerprint density at radius 2 is 2.15 bits per heavy atom. The first-order valence-corrected chi connectivity index (χ1v) is 6.64. The zero-order valence-corrected chi connectivity index (χ0v) is 12.1. The third kappa shape index (κ3) is 3.17. The van der Waals surface area contributed by atoms with Gasteiger partial charge in [-0.15, -0.1) is 0 Å². The molecule has 108 valence electrons. The van der Waals surface area contributed by atoms with Gasteiger partial charge in [0.25, 0.3) is 0 Å². The zero-order chi connectivity index (χ0) is 14.5. The molecule has 0 fully saturated rings. The molecule has 0 bridgehead atoms. The highest BCUT2D eigenvalue weighted by molar-refractivity contribution is 5.33. The highest BCUT2D eigenvalue weighted by atomic mass is 19.1. The van der Waals surface area contributed by atoms with Crippen LogP contribution in [0, 0.1) is 12.7 Å². The van der Waals surface area contributed by atoms with Gasteiger partial charge in [0, 0.05) is 39.2 Å². The lowest BCUT2D eigenvalue weighted by Crippen LogP contribution is -2.24. The minimum Gasteiger partial charge on any atom is -0.385 e. The average molecular weight is 277 g/mol. The Balaban J connectivity index is 2.42. The number of nitrogens with zero attached hydrogens (tertiary/aromatic N) is 3. The van der Waals surface area contributed by atoms with Crippen LogP contribution in [0.15, 0.2) is 35.5 Å². The van der Waals surface area contributed by atoms with E-state index in [2.05, 4.69) is 4.99 Å². The molecule has 0 saturated heterocycles. The Bertz CT molecular complexity index is 643. The first-order chi connectivity index (χ1) is 9.63. The number of benzene rings is 1. The van der Waals surface area contributed by atoms with Gasteiger partial charge >= 0.3 is 0 Å². The van der Waals surface area contributed by atoms with E-state index in [1.165, 1.54) is 12.1 Å². The fourth-order valence-electron chi connectivity index (χ4n) is 2.22. The number of methoxy groups -OCH3 is 1. The summed E-state index contributed by atoms with van der Waals surface area (Å²) in [7, 11) is 3.62. The third-order valence-electron chi connectivity index (χ3n) is 3.07. The van der Waals surface area contributed by atoms with Crippen molar-refractivity contribution in [3.05, 3.63) is 47.6 Å². The summed E-state index contributed by atoms with van der Waals surface area (Å²) in [6, 6.07) is 6.54. The number of ether oxygens (including phenoxy) is 1. The average Bonchev–Trinajstić information content (AvgIpc) is 2.69. The molecule has 0 atom stereocenters. The van der Waals surface area contributed by atoms with Crippen LogP contribution in [0.2, 0.25) is 0 Å². The van der Waals surface area contributed by atoms with Gasteiger partial charge < -0.3 is 9.30 Å². The smallest absolute Gasteiger partial charge is 0.209 e. The van der Waals surface area contributed by atoms with Crippen molar-refractivity contribution in [2.45, 2.75) is 13.3 Å². The Labute approximate surface area is 118 Å². The summed E-state index contributed by atoms with van der Waals surface area (Å²) in [5.41, 5.74) is 2.61. The van der Waals surface area contributed by atoms with Crippen molar-refractivity contribution < 1.29 is 9.13 Å². The van der Waals surface area contributed by atoms with E-state index in [-0.39, 0.29) is 5.82 Å². The summed E-state index contributed by atoms with van der Waals surface area (Å²) in [4.78, 5) is 4.59. The fourth-order valence-corrected chi connectivity index (χ4v) is 2.22. The maximum Gasteiger partial charge on any atom is 0.209 e. The molecule has 0 spiro atoms. The van der Waals surface area contributed by atoms with Gasteiger partial charge in [0.05, 0.1) is 5.69 Å². The molecule has 0 aliphatic carbocycles. The summed E-state index contributed by atoms with van der Waals surface area (Å²) in [5, 5.41) is 0. The van der Waals surface area contributed by atoms with Crippen LogP contribution in [0.1, 0.15) is 12.1 Å². The second-order valence-corrected chi connectivity index (χ2v) is 4.72. The molecule has 0 aliphatic rings. The van der Waals surface area contributed by atoms with Crippen molar-refractivity contribution in [2.24, 2.45) is 12.0 Å². The van der Waals surface area contributed by atoms with Crippen LogP contribution >= 0.6 is 0 Å². The molecule has 4 nitrogen and oxygen atoms in total. The lowest BCUT2D eigenvalue weighted by atomic mass is 10.3. The molecule has 20 heavy (non-hydrogen) atoms. The molecule has 0 saturated carbocycles. The quantitative estimate of drug-likeness (QED) is 0.771. The van der Waals surface area contributed by atoms with E-state index in [1.54, 1.807) is 13.2 Å². The molecule has 0 aliphatic heterocycles. The van der Waals surface area contributed by atoms with E-state index in [9.17, 15) is 4.39 Å². The number of imidazole rings is 1. The van der Waals surface area contributed by atoms with Crippen molar-refractivity contribution >= 4 is 0 Å². The number of hydrogen-bond donors (Lipinski definition) is 0. The molecular formula is C15H20FN3O. The molecule has 0 N–H and O–H groups in total. The van der Waals surface area contributed by atoms with E-state index in [1.807, 2.05) is 35.4 Å². The highest BCUT2D eigenvalue weighted by Gasteiger charge is 2.07. The molecule has 2 rings (SSSR count). The maximum atomic E-state index is 13.4. The third-order valence-corrected chi connectivity index (χ3v) is 3.07. The van der Waals surface area contributed by atoms with Crippen LogP contribution < -0.4 is 5.62 Å². The maximum absolute atomic E-state index is 13.4. The van der Waals surface area contributed by atoms with Gasteiger partial charge in [0.1, 0.15) is 5.82 Å². The van der Waals surface area contributed by atoms with E-state index in [0.717, 1.165) is 23.4 Å². The second kappa shape index (κ2) is 6.52. The SMILES string of the molecule is COCCCN=c1n(C)cc(C)n1-c1cccc(F)c1. The molecule has 1 aromatic carbocycles. The topological polar surface area (TPSA) is 31.4 Å². The summed E-state index contributed by atoms with van der Waals surface area (Å²) < 4.78 is 22.3. The molecular weight excluding hydrogens is 257 g/mol.